The van der Waals surface area contributed by atoms with Gasteiger partial charge in [0.25, 0.3) is 0 Å². The summed E-state index contributed by atoms with van der Waals surface area (Å²) < 4.78 is 0. The fourth-order valence-corrected chi connectivity index (χ4v) is 1.85. The van der Waals surface area contributed by atoms with E-state index in [-0.39, 0.29) is 0 Å². The van der Waals surface area contributed by atoms with Crippen molar-refractivity contribution in [3.05, 3.63) is 29.8 Å². The zero-order chi connectivity index (χ0) is 21.0. The van der Waals surface area contributed by atoms with Gasteiger partial charge in [0.05, 0.1) is 0 Å². The number of rotatable bonds is 7. The van der Waals surface area contributed by atoms with E-state index in [1.54, 1.807) is 0 Å². The van der Waals surface area contributed by atoms with Crippen LogP contribution in [0.4, 0.5) is 5.69 Å². The molecule has 3 heteroatoms. The second kappa shape index (κ2) is 22.0. The summed E-state index contributed by atoms with van der Waals surface area (Å²) in [5, 5.41) is 0. The molecule has 156 valence electrons. The molecule has 0 spiro atoms. The third-order valence-electron chi connectivity index (χ3n) is 3.90. The fourth-order valence-electron chi connectivity index (χ4n) is 1.85. The summed E-state index contributed by atoms with van der Waals surface area (Å²) in [4.78, 5) is 0. The number of hydrogen-bond acceptors (Lipinski definition) is 3. The van der Waals surface area contributed by atoms with E-state index in [1.165, 1.54) is 31.2 Å². The average molecular weight is 368 g/mol. The number of unbranched alkanes of at least 4 members (excludes halogenated alkanes) is 1. The Hall–Kier alpha value is -1.06. The van der Waals surface area contributed by atoms with Crippen molar-refractivity contribution >= 4 is 5.69 Å². The van der Waals surface area contributed by atoms with E-state index in [0.29, 0.717) is 18.0 Å². The van der Waals surface area contributed by atoms with Gasteiger partial charge in [-0.05, 0) is 56.7 Å². The lowest BCUT2D eigenvalue weighted by molar-refractivity contribution is 0.470. The maximum absolute atomic E-state index is 5.68. The molecule has 0 aliphatic carbocycles. The van der Waals surface area contributed by atoms with Crippen molar-refractivity contribution in [3.8, 4) is 0 Å². The van der Waals surface area contributed by atoms with E-state index >= 15 is 0 Å². The van der Waals surface area contributed by atoms with Crippen LogP contribution in [0.15, 0.2) is 24.3 Å². The summed E-state index contributed by atoms with van der Waals surface area (Å²) >= 11 is 0. The molecule has 3 unspecified atom stereocenters. The number of nitrogen functional groups attached to an aromatic ring is 1. The number of aryl methyl sites for hydroxylation is 1. The van der Waals surface area contributed by atoms with Crippen molar-refractivity contribution in [2.24, 2.45) is 17.4 Å². The van der Waals surface area contributed by atoms with Crippen LogP contribution in [0.3, 0.4) is 0 Å². The number of hydrogen-bond donors (Lipinski definition) is 3. The van der Waals surface area contributed by atoms with Crippen LogP contribution in [0.2, 0.25) is 0 Å². The van der Waals surface area contributed by atoms with Gasteiger partial charge in [-0.3, -0.25) is 0 Å². The molecule has 6 N–H and O–H groups in total. The van der Waals surface area contributed by atoms with Gasteiger partial charge >= 0.3 is 0 Å². The topological polar surface area (TPSA) is 78.1 Å². The second-order valence-corrected chi connectivity index (χ2v) is 6.92. The molecule has 0 fully saturated rings. The highest BCUT2D eigenvalue weighted by Gasteiger charge is 2.01. The fraction of sp³-hybridized carbons (Fsp3) is 0.739. The Morgan fingerprint density at radius 3 is 1.62 bits per heavy atom. The summed E-state index contributed by atoms with van der Waals surface area (Å²) in [5.41, 5.74) is 19.0. The third kappa shape index (κ3) is 22.9. The van der Waals surface area contributed by atoms with E-state index in [0.717, 1.165) is 18.5 Å². The Bertz CT molecular complexity index is 358. The van der Waals surface area contributed by atoms with Crippen molar-refractivity contribution < 1.29 is 0 Å². The molecule has 26 heavy (non-hydrogen) atoms. The lowest BCUT2D eigenvalue weighted by Crippen LogP contribution is -2.23. The quantitative estimate of drug-likeness (QED) is 0.399. The van der Waals surface area contributed by atoms with Crippen molar-refractivity contribution in [1.82, 2.24) is 0 Å². The minimum absolute atomic E-state index is 0.335. The minimum Gasteiger partial charge on any atom is -0.399 e. The Labute approximate surface area is 165 Å². The maximum Gasteiger partial charge on any atom is 0.0314 e. The van der Waals surface area contributed by atoms with Gasteiger partial charge in [-0.15, -0.1) is 0 Å². The lowest BCUT2D eigenvalue weighted by atomic mass is 10.0. The monoisotopic (exact) mass is 367 g/mol. The first-order chi connectivity index (χ1) is 12.3. The molecule has 3 atom stereocenters. The van der Waals surface area contributed by atoms with Gasteiger partial charge in [0.2, 0.25) is 0 Å². The molecule has 0 amide bonds. The molecule has 0 saturated carbocycles. The molecule has 0 aliphatic rings. The zero-order valence-corrected chi connectivity index (χ0v) is 19.0. The molecule has 0 radical (unpaired) electrons. The van der Waals surface area contributed by atoms with Gasteiger partial charge in [-0.2, -0.15) is 0 Å². The highest BCUT2D eigenvalue weighted by Crippen LogP contribution is 2.10. The highest BCUT2D eigenvalue weighted by atomic mass is 14.6. The maximum atomic E-state index is 5.68. The summed E-state index contributed by atoms with van der Waals surface area (Å²) in [6, 6.07) is 8.82. The molecule has 0 bridgehead atoms. The van der Waals surface area contributed by atoms with E-state index in [2.05, 4.69) is 46.8 Å². The molecule has 0 saturated heterocycles. The molecule has 1 aromatic carbocycles. The third-order valence-corrected chi connectivity index (χ3v) is 3.90. The first kappa shape index (κ1) is 29.7. The highest BCUT2D eigenvalue weighted by molar-refractivity contribution is 5.39. The first-order valence-corrected chi connectivity index (χ1v) is 10.6. The van der Waals surface area contributed by atoms with E-state index in [1.807, 2.05) is 32.9 Å². The normalized spacial score (nSPS) is 12.8. The van der Waals surface area contributed by atoms with E-state index < -0.39 is 0 Å². The van der Waals surface area contributed by atoms with Crippen LogP contribution in [0.1, 0.15) is 93.1 Å². The predicted octanol–water partition coefficient (Wildman–Crippen LogP) is 6.15. The molecule has 1 rings (SSSR count). The molecule has 0 heterocycles. The Kier molecular flexibility index (Phi) is 25.1. The largest absolute Gasteiger partial charge is 0.399 e. The SMILES string of the molecule is CC.CC(N)CCCCc1ccc(N)cc1.CCC.CCC(C)C(C)N. The molecule has 0 aromatic heterocycles. The molecule has 3 nitrogen and oxygen atoms in total. The van der Waals surface area contributed by atoms with Crippen LogP contribution < -0.4 is 17.2 Å². The van der Waals surface area contributed by atoms with Crippen molar-refractivity contribution in [2.75, 3.05) is 5.73 Å². The van der Waals surface area contributed by atoms with Gasteiger partial charge in [0, 0.05) is 17.8 Å². The first-order valence-electron chi connectivity index (χ1n) is 10.6. The van der Waals surface area contributed by atoms with Crippen molar-refractivity contribution in [1.29, 1.82) is 0 Å². The average Bonchev–Trinajstić information content (AvgIpc) is 2.62. The van der Waals surface area contributed by atoms with Gasteiger partial charge < -0.3 is 17.2 Å². The van der Waals surface area contributed by atoms with E-state index in [9.17, 15) is 0 Å². The van der Waals surface area contributed by atoms with Gasteiger partial charge in [0.1, 0.15) is 0 Å². The zero-order valence-electron chi connectivity index (χ0n) is 19.0. The van der Waals surface area contributed by atoms with Gasteiger partial charge in [-0.1, -0.05) is 72.9 Å². The number of anilines is 1. The van der Waals surface area contributed by atoms with Gasteiger partial charge in [0.15, 0.2) is 0 Å². The molecule has 1 aromatic rings. The number of benzene rings is 1. The van der Waals surface area contributed by atoms with Crippen LogP contribution in [-0.2, 0) is 6.42 Å². The molecule has 0 aliphatic heterocycles. The minimum atomic E-state index is 0.335. The van der Waals surface area contributed by atoms with Crippen molar-refractivity contribution in [3.63, 3.8) is 0 Å². The number of nitrogens with two attached hydrogens (primary N) is 3. The van der Waals surface area contributed by atoms with Crippen LogP contribution in [0.25, 0.3) is 0 Å². The molecular formula is C23H49N3. The van der Waals surface area contributed by atoms with Gasteiger partial charge in [-0.25, -0.2) is 0 Å². The summed E-state index contributed by atoms with van der Waals surface area (Å²) in [6.07, 6.45) is 7.12. The Morgan fingerprint density at radius 2 is 1.31 bits per heavy atom. The van der Waals surface area contributed by atoms with Crippen LogP contribution in [-0.4, -0.2) is 12.1 Å². The second-order valence-electron chi connectivity index (χ2n) is 6.92. The van der Waals surface area contributed by atoms with Crippen LogP contribution >= 0.6 is 0 Å². The summed E-state index contributed by atoms with van der Waals surface area (Å²) in [7, 11) is 0. The van der Waals surface area contributed by atoms with E-state index in [4.69, 9.17) is 17.2 Å². The summed E-state index contributed by atoms with van der Waals surface area (Å²) in [5.74, 6) is 0.681. The summed E-state index contributed by atoms with van der Waals surface area (Å²) in [6.45, 7) is 16.7. The lowest BCUT2D eigenvalue weighted by Gasteiger charge is -2.10. The van der Waals surface area contributed by atoms with Crippen molar-refractivity contribution in [2.45, 2.75) is 106 Å². The Morgan fingerprint density at radius 1 is 0.846 bits per heavy atom. The standard InChI is InChI=1S/C12H20N2.C6H15N.C3H8.C2H6/c1-10(13)4-2-3-5-11-6-8-12(14)9-7-11;1-4-5(2)6(3)7;1-3-2;1-2/h6-10H,2-5,13-14H2,1H3;5-6H,4,7H2,1-3H3;3H2,1-2H3;1-2H3. The predicted molar refractivity (Wildman–Crippen MR) is 122 cm³/mol. The molecular weight excluding hydrogens is 318 g/mol. The Balaban J connectivity index is -0.000000371. The van der Waals surface area contributed by atoms with Crippen LogP contribution in [0.5, 0.6) is 0 Å². The smallest absolute Gasteiger partial charge is 0.0314 e. The van der Waals surface area contributed by atoms with Crippen LogP contribution in [0, 0.1) is 5.92 Å².